The van der Waals surface area contributed by atoms with Crippen molar-refractivity contribution in [3.63, 3.8) is 0 Å². The Morgan fingerprint density at radius 2 is 2.19 bits per heavy atom. The molecular formula is C15H24N4O2. The fraction of sp³-hybridized carbons (Fsp3) is 0.800. The first-order chi connectivity index (χ1) is 10.0. The van der Waals surface area contributed by atoms with Gasteiger partial charge >= 0.3 is 5.97 Å². The first kappa shape index (κ1) is 14.5. The lowest BCUT2D eigenvalue weighted by Gasteiger charge is -2.19. The molecular weight excluding hydrogens is 268 g/mol. The Balaban J connectivity index is 1.69. The van der Waals surface area contributed by atoms with Crippen molar-refractivity contribution in [1.29, 1.82) is 0 Å². The van der Waals surface area contributed by atoms with Crippen molar-refractivity contribution in [2.24, 2.45) is 5.92 Å². The second-order valence-corrected chi connectivity index (χ2v) is 6.59. The second-order valence-electron chi connectivity index (χ2n) is 6.59. The van der Waals surface area contributed by atoms with Crippen molar-refractivity contribution in [1.82, 2.24) is 19.7 Å². The number of nitrogens with zero attached hydrogens (tertiary/aromatic N) is 4. The van der Waals surface area contributed by atoms with Crippen LogP contribution in [-0.4, -0.2) is 49.9 Å². The zero-order valence-electron chi connectivity index (χ0n) is 12.8. The molecule has 3 rings (SSSR count). The van der Waals surface area contributed by atoms with E-state index in [0.717, 1.165) is 38.3 Å². The van der Waals surface area contributed by atoms with Crippen molar-refractivity contribution in [3.05, 3.63) is 11.6 Å². The van der Waals surface area contributed by atoms with Crippen molar-refractivity contribution in [2.75, 3.05) is 13.1 Å². The molecule has 116 valence electrons. The van der Waals surface area contributed by atoms with Gasteiger partial charge in [-0.1, -0.05) is 0 Å². The summed E-state index contributed by atoms with van der Waals surface area (Å²) in [6.45, 7) is 7.51. The van der Waals surface area contributed by atoms with Gasteiger partial charge in [0.15, 0.2) is 5.82 Å². The van der Waals surface area contributed by atoms with E-state index in [0.29, 0.717) is 24.2 Å². The maximum atomic E-state index is 11.3. The molecule has 0 aliphatic carbocycles. The van der Waals surface area contributed by atoms with E-state index in [2.05, 4.69) is 28.8 Å². The van der Waals surface area contributed by atoms with Crippen LogP contribution in [0.15, 0.2) is 0 Å². The summed E-state index contributed by atoms with van der Waals surface area (Å²) in [7, 11) is 0. The van der Waals surface area contributed by atoms with Crippen LogP contribution in [0.25, 0.3) is 0 Å². The molecule has 2 aliphatic rings. The van der Waals surface area contributed by atoms with Gasteiger partial charge in [-0.2, -0.15) is 5.10 Å². The normalized spacial score (nSPS) is 26.2. The zero-order valence-corrected chi connectivity index (χ0v) is 12.8. The van der Waals surface area contributed by atoms with Gasteiger partial charge in [0, 0.05) is 25.6 Å². The molecule has 6 heteroatoms. The number of rotatable bonds is 4. The third-order valence-electron chi connectivity index (χ3n) is 4.74. The molecule has 0 amide bonds. The van der Waals surface area contributed by atoms with Crippen LogP contribution in [0.1, 0.15) is 50.7 Å². The van der Waals surface area contributed by atoms with Crippen molar-refractivity contribution >= 4 is 5.97 Å². The highest BCUT2D eigenvalue weighted by Crippen LogP contribution is 2.27. The van der Waals surface area contributed by atoms with E-state index in [-0.39, 0.29) is 0 Å². The van der Waals surface area contributed by atoms with E-state index >= 15 is 0 Å². The summed E-state index contributed by atoms with van der Waals surface area (Å²) in [5.74, 6) is 0.828. The van der Waals surface area contributed by atoms with Gasteiger partial charge in [-0.05, 0) is 45.6 Å². The van der Waals surface area contributed by atoms with Gasteiger partial charge in [0.25, 0.3) is 0 Å². The fourth-order valence-corrected chi connectivity index (χ4v) is 3.48. The number of likely N-dealkylation sites (tertiary alicyclic amines) is 1. The maximum absolute atomic E-state index is 11.3. The topological polar surface area (TPSA) is 71.2 Å². The average Bonchev–Trinajstić information content (AvgIpc) is 3.04. The Hall–Kier alpha value is -1.43. The van der Waals surface area contributed by atoms with E-state index in [9.17, 15) is 9.90 Å². The SMILES string of the molecule is CC(C)N1CCC(Cc2nc3n(n2)CCCC3C(=O)O)C1. The highest BCUT2D eigenvalue weighted by molar-refractivity contribution is 5.75. The molecule has 6 nitrogen and oxygen atoms in total. The van der Waals surface area contributed by atoms with Gasteiger partial charge in [0.1, 0.15) is 11.7 Å². The van der Waals surface area contributed by atoms with E-state index in [1.54, 1.807) is 0 Å². The van der Waals surface area contributed by atoms with E-state index in [4.69, 9.17) is 0 Å². The standard InChI is InChI=1S/C15H24N4O2/c1-10(2)18-7-5-11(9-18)8-13-16-14-12(15(20)21)4-3-6-19(14)17-13/h10-12H,3-9H2,1-2H3,(H,20,21). The highest BCUT2D eigenvalue weighted by atomic mass is 16.4. The third-order valence-corrected chi connectivity index (χ3v) is 4.74. The lowest BCUT2D eigenvalue weighted by Crippen LogP contribution is -2.28. The monoisotopic (exact) mass is 292 g/mol. The lowest BCUT2D eigenvalue weighted by atomic mass is 9.99. The van der Waals surface area contributed by atoms with Gasteiger partial charge in [0.05, 0.1) is 0 Å². The molecule has 2 aliphatic heterocycles. The van der Waals surface area contributed by atoms with Gasteiger partial charge in [-0.15, -0.1) is 0 Å². The maximum Gasteiger partial charge on any atom is 0.314 e. The number of aliphatic carboxylic acids is 1. The molecule has 0 spiro atoms. The quantitative estimate of drug-likeness (QED) is 0.911. The largest absolute Gasteiger partial charge is 0.481 e. The molecule has 2 atom stereocenters. The minimum Gasteiger partial charge on any atom is -0.481 e. The van der Waals surface area contributed by atoms with Crippen LogP contribution in [0.5, 0.6) is 0 Å². The molecule has 0 aromatic carbocycles. The Kier molecular flexibility index (Phi) is 3.97. The molecule has 0 saturated carbocycles. The smallest absolute Gasteiger partial charge is 0.314 e. The first-order valence-electron chi connectivity index (χ1n) is 7.95. The lowest BCUT2D eigenvalue weighted by molar-refractivity contribution is -0.139. The molecule has 0 bridgehead atoms. The van der Waals surface area contributed by atoms with Crippen LogP contribution in [-0.2, 0) is 17.8 Å². The van der Waals surface area contributed by atoms with Gasteiger partial charge in [-0.3, -0.25) is 4.79 Å². The Morgan fingerprint density at radius 1 is 1.38 bits per heavy atom. The molecule has 2 unspecified atom stereocenters. The van der Waals surface area contributed by atoms with E-state index in [1.807, 2.05) is 4.68 Å². The summed E-state index contributed by atoms with van der Waals surface area (Å²) in [6, 6.07) is 0.592. The molecule has 1 N–H and O–H groups in total. The van der Waals surface area contributed by atoms with Gasteiger partial charge in [-0.25, -0.2) is 9.67 Å². The Bertz CT molecular complexity index is 526. The summed E-state index contributed by atoms with van der Waals surface area (Å²) in [4.78, 5) is 18.3. The minimum absolute atomic E-state index is 0.476. The molecule has 0 radical (unpaired) electrons. The van der Waals surface area contributed by atoms with Crippen LogP contribution in [0.4, 0.5) is 0 Å². The Labute approximate surface area is 125 Å². The van der Waals surface area contributed by atoms with E-state index in [1.165, 1.54) is 6.42 Å². The van der Waals surface area contributed by atoms with Crippen molar-refractivity contribution in [2.45, 2.75) is 58.0 Å². The predicted octanol–water partition coefficient (Wildman–Crippen LogP) is 1.51. The van der Waals surface area contributed by atoms with Gasteiger partial charge in [0.2, 0.25) is 0 Å². The summed E-state index contributed by atoms with van der Waals surface area (Å²) >= 11 is 0. The molecule has 1 fully saturated rings. The number of hydrogen-bond donors (Lipinski definition) is 1. The second kappa shape index (κ2) is 5.75. The van der Waals surface area contributed by atoms with E-state index < -0.39 is 11.9 Å². The fourth-order valence-electron chi connectivity index (χ4n) is 3.48. The summed E-state index contributed by atoms with van der Waals surface area (Å²) in [5, 5.41) is 13.8. The van der Waals surface area contributed by atoms with Crippen molar-refractivity contribution in [3.8, 4) is 0 Å². The first-order valence-corrected chi connectivity index (χ1v) is 7.95. The highest BCUT2D eigenvalue weighted by Gasteiger charge is 2.31. The predicted molar refractivity (Wildman–Crippen MR) is 78.2 cm³/mol. The van der Waals surface area contributed by atoms with Crippen LogP contribution in [0, 0.1) is 5.92 Å². The number of carboxylic acid groups (broad SMARTS) is 1. The number of fused-ring (bicyclic) bond motifs is 1. The molecule has 21 heavy (non-hydrogen) atoms. The number of carboxylic acids is 1. The number of carbonyl (C=O) groups is 1. The van der Waals surface area contributed by atoms with Crippen LogP contribution in [0.3, 0.4) is 0 Å². The van der Waals surface area contributed by atoms with Crippen molar-refractivity contribution < 1.29 is 9.90 Å². The summed E-state index contributed by atoms with van der Waals surface area (Å²) in [5.41, 5.74) is 0. The minimum atomic E-state index is -0.776. The number of hydrogen-bond acceptors (Lipinski definition) is 4. The third kappa shape index (κ3) is 2.95. The summed E-state index contributed by atoms with van der Waals surface area (Å²) in [6.07, 6.45) is 3.61. The molecule has 1 aromatic rings. The van der Waals surface area contributed by atoms with Crippen LogP contribution in [0.2, 0.25) is 0 Å². The number of aromatic nitrogens is 3. The number of aryl methyl sites for hydroxylation is 1. The Morgan fingerprint density at radius 3 is 2.86 bits per heavy atom. The molecule has 1 aromatic heterocycles. The molecule has 3 heterocycles. The zero-order chi connectivity index (χ0) is 15.0. The summed E-state index contributed by atoms with van der Waals surface area (Å²) < 4.78 is 1.81. The van der Waals surface area contributed by atoms with Crippen LogP contribution < -0.4 is 0 Å². The molecule has 1 saturated heterocycles. The average molecular weight is 292 g/mol. The van der Waals surface area contributed by atoms with Crippen LogP contribution >= 0.6 is 0 Å². The van der Waals surface area contributed by atoms with Gasteiger partial charge < -0.3 is 10.0 Å².